The van der Waals surface area contributed by atoms with E-state index in [4.69, 9.17) is 4.98 Å². The molecule has 3 aliphatic carbocycles. The number of hydrogen-bond donors (Lipinski definition) is 0. The molecule has 3 aliphatic rings. The smallest absolute Gasteiger partial charge is 0.0742 e. The van der Waals surface area contributed by atoms with Crippen LogP contribution in [0.25, 0.3) is 11.3 Å². The van der Waals surface area contributed by atoms with Crippen LogP contribution in [-0.4, -0.2) is 4.98 Å². The summed E-state index contributed by atoms with van der Waals surface area (Å²) in [4.78, 5) is 4.76. The highest BCUT2D eigenvalue weighted by Gasteiger charge is 2.64. The fourth-order valence-corrected chi connectivity index (χ4v) is 5.48. The van der Waals surface area contributed by atoms with Gasteiger partial charge in [0.1, 0.15) is 0 Å². The molecule has 100 valence electrons. The molecule has 1 aromatic heterocycles. The lowest BCUT2D eigenvalue weighted by atomic mass is 9.38. The molecule has 2 atom stereocenters. The SMILES string of the molecule is c1ccc2c(c1)-c1ncccc1C13CCCCC21CC3. The van der Waals surface area contributed by atoms with Crippen molar-refractivity contribution in [1.29, 1.82) is 0 Å². The van der Waals surface area contributed by atoms with Crippen LogP contribution < -0.4 is 0 Å². The minimum Gasteiger partial charge on any atom is -0.256 e. The third-order valence-electron chi connectivity index (χ3n) is 6.37. The van der Waals surface area contributed by atoms with Crippen molar-refractivity contribution in [2.45, 2.75) is 49.4 Å². The standard InChI is InChI=1S/C19H19N/c1-2-7-15-14(6-1)17-16(8-5-13-20-17)19-10-4-3-9-18(15,19)11-12-19/h1-2,5-8,13H,3-4,9-12H2. The molecule has 0 spiro atoms. The maximum atomic E-state index is 4.76. The van der Waals surface area contributed by atoms with Crippen LogP contribution in [0.1, 0.15) is 49.7 Å². The first-order chi connectivity index (χ1) is 9.87. The minimum atomic E-state index is 0.406. The Hall–Kier alpha value is -1.63. The van der Waals surface area contributed by atoms with Gasteiger partial charge in [-0.15, -0.1) is 0 Å². The van der Waals surface area contributed by atoms with Gasteiger partial charge in [0.25, 0.3) is 0 Å². The molecule has 1 heteroatoms. The summed E-state index contributed by atoms with van der Waals surface area (Å²) in [7, 11) is 0. The molecule has 1 nitrogen and oxygen atoms in total. The van der Waals surface area contributed by atoms with Crippen LogP contribution >= 0.6 is 0 Å². The maximum Gasteiger partial charge on any atom is 0.0742 e. The first-order valence-corrected chi connectivity index (χ1v) is 7.93. The Bertz CT molecular complexity index is 643. The van der Waals surface area contributed by atoms with E-state index in [0.717, 1.165) is 0 Å². The predicted molar refractivity (Wildman–Crippen MR) is 80.7 cm³/mol. The van der Waals surface area contributed by atoms with E-state index in [9.17, 15) is 0 Å². The Labute approximate surface area is 120 Å². The van der Waals surface area contributed by atoms with Crippen LogP contribution in [0.15, 0.2) is 42.6 Å². The summed E-state index contributed by atoms with van der Waals surface area (Å²) in [5.41, 5.74) is 6.64. The Balaban J connectivity index is 1.90. The maximum absolute atomic E-state index is 4.76. The zero-order valence-corrected chi connectivity index (χ0v) is 11.7. The zero-order valence-electron chi connectivity index (χ0n) is 11.7. The van der Waals surface area contributed by atoms with E-state index in [0.29, 0.717) is 10.8 Å². The van der Waals surface area contributed by atoms with Crippen molar-refractivity contribution in [3.05, 3.63) is 53.7 Å². The molecule has 0 saturated heterocycles. The number of fused-ring (bicyclic) bond motifs is 3. The van der Waals surface area contributed by atoms with Crippen molar-refractivity contribution in [3.63, 3.8) is 0 Å². The molecule has 5 rings (SSSR count). The number of nitrogens with zero attached hydrogens (tertiary/aromatic N) is 1. The number of rotatable bonds is 0. The van der Waals surface area contributed by atoms with Crippen molar-refractivity contribution in [3.8, 4) is 11.3 Å². The first-order valence-electron chi connectivity index (χ1n) is 7.93. The van der Waals surface area contributed by atoms with E-state index in [2.05, 4.69) is 36.4 Å². The van der Waals surface area contributed by atoms with E-state index < -0.39 is 0 Å². The van der Waals surface area contributed by atoms with Crippen LogP contribution in [0.4, 0.5) is 0 Å². The van der Waals surface area contributed by atoms with Gasteiger partial charge in [0.15, 0.2) is 0 Å². The molecule has 1 heterocycles. The van der Waals surface area contributed by atoms with Crippen LogP contribution in [0, 0.1) is 0 Å². The largest absolute Gasteiger partial charge is 0.256 e. The predicted octanol–water partition coefficient (Wildman–Crippen LogP) is 4.61. The first kappa shape index (κ1) is 11.1. The number of pyridine rings is 1. The van der Waals surface area contributed by atoms with Crippen LogP contribution in [-0.2, 0) is 10.8 Å². The van der Waals surface area contributed by atoms with E-state index in [1.165, 1.54) is 49.8 Å². The lowest BCUT2D eigenvalue weighted by Gasteiger charge is -2.65. The summed E-state index contributed by atoms with van der Waals surface area (Å²) < 4.78 is 0. The molecule has 1 aromatic carbocycles. The second kappa shape index (κ2) is 3.52. The monoisotopic (exact) mass is 261 g/mol. The fraction of sp³-hybridized carbons (Fsp3) is 0.421. The highest BCUT2D eigenvalue weighted by atomic mass is 14.7. The molecule has 0 radical (unpaired) electrons. The highest BCUT2D eigenvalue weighted by molar-refractivity contribution is 5.76. The molecular weight excluding hydrogens is 242 g/mol. The summed E-state index contributed by atoms with van der Waals surface area (Å²) in [6.45, 7) is 0. The Morgan fingerprint density at radius 1 is 0.750 bits per heavy atom. The average Bonchev–Trinajstić information content (AvgIpc) is 2.49. The van der Waals surface area contributed by atoms with Crippen molar-refractivity contribution in [2.75, 3.05) is 0 Å². The van der Waals surface area contributed by atoms with Crippen molar-refractivity contribution in [2.24, 2.45) is 0 Å². The number of aromatic nitrogens is 1. The van der Waals surface area contributed by atoms with Gasteiger partial charge in [-0.1, -0.05) is 43.2 Å². The van der Waals surface area contributed by atoms with Crippen LogP contribution in [0.5, 0.6) is 0 Å². The molecule has 2 aromatic rings. The Morgan fingerprint density at radius 2 is 1.45 bits per heavy atom. The van der Waals surface area contributed by atoms with Crippen LogP contribution in [0.3, 0.4) is 0 Å². The minimum absolute atomic E-state index is 0.406. The van der Waals surface area contributed by atoms with E-state index >= 15 is 0 Å². The van der Waals surface area contributed by atoms with E-state index in [1.807, 2.05) is 6.20 Å². The van der Waals surface area contributed by atoms with E-state index in [1.54, 1.807) is 11.1 Å². The normalized spacial score (nSPS) is 33.2. The molecule has 0 bridgehead atoms. The molecule has 2 fully saturated rings. The summed E-state index contributed by atoms with van der Waals surface area (Å²) in [6, 6.07) is 13.6. The zero-order chi connectivity index (χ0) is 13.2. The van der Waals surface area contributed by atoms with Gasteiger partial charge in [-0.3, -0.25) is 4.98 Å². The van der Waals surface area contributed by atoms with Crippen LogP contribution in [0.2, 0.25) is 0 Å². The second-order valence-electron chi connectivity index (χ2n) is 6.82. The number of hydrogen-bond acceptors (Lipinski definition) is 1. The molecule has 0 amide bonds. The summed E-state index contributed by atoms with van der Waals surface area (Å²) in [6.07, 6.45) is 10.2. The van der Waals surface area contributed by atoms with Gasteiger partial charge in [0.05, 0.1) is 5.69 Å². The van der Waals surface area contributed by atoms with Gasteiger partial charge in [-0.2, -0.15) is 0 Å². The third-order valence-corrected chi connectivity index (χ3v) is 6.37. The van der Waals surface area contributed by atoms with Gasteiger partial charge in [-0.25, -0.2) is 0 Å². The van der Waals surface area contributed by atoms with Crippen molar-refractivity contribution >= 4 is 0 Å². The average molecular weight is 261 g/mol. The van der Waals surface area contributed by atoms with Gasteiger partial charge in [0, 0.05) is 22.6 Å². The Morgan fingerprint density at radius 3 is 2.25 bits per heavy atom. The molecule has 0 aliphatic heterocycles. The molecule has 0 N–H and O–H groups in total. The van der Waals surface area contributed by atoms with Crippen molar-refractivity contribution in [1.82, 2.24) is 4.98 Å². The molecule has 2 saturated carbocycles. The summed E-state index contributed by atoms with van der Waals surface area (Å²) >= 11 is 0. The van der Waals surface area contributed by atoms with Gasteiger partial charge < -0.3 is 0 Å². The third kappa shape index (κ3) is 1.03. The lowest BCUT2D eigenvalue weighted by molar-refractivity contribution is 0.0203. The summed E-state index contributed by atoms with van der Waals surface area (Å²) in [5.74, 6) is 0. The highest BCUT2D eigenvalue weighted by Crippen LogP contribution is 2.70. The van der Waals surface area contributed by atoms with Gasteiger partial charge in [0.2, 0.25) is 0 Å². The quantitative estimate of drug-likeness (QED) is 0.675. The van der Waals surface area contributed by atoms with Crippen molar-refractivity contribution < 1.29 is 0 Å². The lowest BCUT2D eigenvalue weighted by Crippen LogP contribution is -2.61. The Kier molecular flexibility index (Phi) is 1.95. The number of benzene rings is 1. The topological polar surface area (TPSA) is 12.9 Å². The molecule has 2 unspecified atom stereocenters. The van der Waals surface area contributed by atoms with E-state index in [-0.39, 0.29) is 0 Å². The van der Waals surface area contributed by atoms with Gasteiger partial charge >= 0.3 is 0 Å². The molecule has 20 heavy (non-hydrogen) atoms. The second-order valence-corrected chi connectivity index (χ2v) is 6.82. The van der Waals surface area contributed by atoms with Gasteiger partial charge in [-0.05, 0) is 42.9 Å². The fourth-order valence-electron chi connectivity index (χ4n) is 5.48. The summed E-state index contributed by atoms with van der Waals surface area (Å²) in [5, 5.41) is 0. The molecular formula is C19H19N.